The van der Waals surface area contributed by atoms with Crippen molar-refractivity contribution in [2.45, 2.75) is 58.0 Å². The van der Waals surface area contributed by atoms with Crippen LogP contribution in [0.2, 0.25) is 0 Å². The minimum Gasteiger partial charge on any atom is -0.457 e. The predicted molar refractivity (Wildman–Crippen MR) is 76.4 cm³/mol. The largest absolute Gasteiger partial charge is 0.457 e. The fourth-order valence-electron chi connectivity index (χ4n) is 1.99. The highest BCUT2D eigenvalue weighted by molar-refractivity contribution is 6.33. The van der Waals surface area contributed by atoms with Gasteiger partial charge in [-0.05, 0) is 26.2 Å². The van der Waals surface area contributed by atoms with E-state index in [4.69, 9.17) is 14.3 Å². The van der Waals surface area contributed by atoms with E-state index in [0.29, 0.717) is 17.7 Å². The lowest BCUT2D eigenvalue weighted by atomic mass is 10.1. The fourth-order valence-corrected chi connectivity index (χ4v) is 1.99. The van der Waals surface area contributed by atoms with Gasteiger partial charge in [0, 0.05) is 17.5 Å². The molecule has 1 saturated heterocycles. The van der Waals surface area contributed by atoms with Crippen LogP contribution < -0.4 is 5.32 Å². The number of nitrogens with one attached hydrogen (secondary N) is 2. The third kappa shape index (κ3) is 6.04. The first kappa shape index (κ1) is 12.2. The van der Waals surface area contributed by atoms with Gasteiger partial charge in [0.2, 0.25) is 11.7 Å². The van der Waals surface area contributed by atoms with Crippen molar-refractivity contribution >= 4 is 17.7 Å². The molecule has 6 nitrogen and oxygen atoms in total. The van der Waals surface area contributed by atoms with E-state index in [1.165, 1.54) is 0 Å². The molecule has 1 amide bonds. The van der Waals surface area contributed by atoms with E-state index in [1.807, 2.05) is 0 Å². The molecule has 1 fully saturated rings. The lowest BCUT2D eigenvalue weighted by Gasteiger charge is -2.20. The third-order valence-corrected chi connectivity index (χ3v) is 3.22. The third-order valence-electron chi connectivity index (χ3n) is 3.22. The molecule has 114 valence electrons. The smallest absolute Gasteiger partial charge is 0.373 e. The maximum Gasteiger partial charge on any atom is 0.373 e. The van der Waals surface area contributed by atoms with Gasteiger partial charge in [-0.15, -0.1) is 0 Å². The Balaban J connectivity index is 2.82. The average molecular weight is 286 g/mol. The van der Waals surface area contributed by atoms with Crippen molar-refractivity contribution in [2.24, 2.45) is 0 Å². The summed E-state index contributed by atoms with van der Waals surface area (Å²) in [6, 6.07) is 0. The number of likely N-dealkylation sites (N-methyl/N-ethyl adjacent to an activating group) is 1. The molecule has 0 saturated carbocycles. The predicted octanol–water partition coefficient (Wildman–Crippen LogP) is 1.65. The second-order valence-corrected chi connectivity index (χ2v) is 5.06. The number of rotatable bonds is 0. The van der Waals surface area contributed by atoms with E-state index in [0.717, 1.165) is 32.1 Å². The number of hydrogen-bond acceptors (Lipinski definition) is 4. The Morgan fingerprint density at radius 2 is 2.00 bits per heavy atom. The summed E-state index contributed by atoms with van der Waals surface area (Å²) < 4.78 is 27.4. The summed E-state index contributed by atoms with van der Waals surface area (Å²) in [5, 5.41) is 10.2. The van der Waals surface area contributed by atoms with Crippen LogP contribution >= 0.6 is 0 Å². The van der Waals surface area contributed by atoms with Gasteiger partial charge in [0.25, 0.3) is 0 Å². The van der Waals surface area contributed by atoms with E-state index in [-0.39, 0.29) is 12.0 Å². The van der Waals surface area contributed by atoms with E-state index < -0.39 is 25.4 Å². The molecule has 1 aliphatic heterocycles. The van der Waals surface area contributed by atoms with Crippen LogP contribution in [0.15, 0.2) is 0 Å². The van der Waals surface area contributed by atoms with Crippen LogP contribution in [0.25, 0.3) is 0 Å². The van der Waals surface area contributed by atoms with Crippen molar-refractivity contribution in [3.63, 3.8) is 0 Å². The minimum atomic E-state index is -2.71. The maximum atomic E-state index is 11.9. The topological polar surface area (TPSA) is 82.5 Å². The number of ether oxygens (including phenoxy) is 1. The first-order valence-corrected chi connectivity index (χ1v) is 7.05. The van der Waals surface area contributed by atoms with E-state index in [2.05, 4.69) is 5.32 Å². The van der Waals surface area contributed by atoms with Crippen molar-refractivity contribution < 1.29 is 18.4 Å². The monoisotopic (exact) mass is 286 g/mol. The lowest BCUT2D eigenvalue weighted by molar-refractivity contribution is -0.141. The minimum absolute atomic E-state index is 0.288. The summed E-state index contributed by atoms with van der Waals surface area (Å²) in [6.45, 7) is -1.40. The molecule has 6 heteroatoms. The van der Waals surface area contributed by atoms with Gasteiger partial charge < -0.3 is 15.0 Å². The van der Waals surface area contributed by atoms with Crippen molar-refractivity contribution in [2.75, 3.05) is 13.6 Å². The standard InChI is InChI=1S/C14H25N3O3/c1-11-8-6-4-3-5-7-9-12(18)16-10-17(2)13(15)14(19)20-11/h11,15H,3-10H2,1-2H3,(H,16,18)/i2D3. The van der Waals surface area contributed by atoms with Gasteiger partial charge in [-0.3, -0.25) is 10.2 Å². The molecule has 1 unspecified atom stereocenters. The second-order valence-electron chi connectivity index (χ2n) is 5.06. The summed E-state index contributed by atoms with van der Waals surface area (Å²) in [6.07, 6.45) is 5.15. The SMILES string of the molecule is [2H]C([2H])([2H])N1CNC(=O)CCCCCCCC(C)OC(=O)C1=N. The van der Waals surface area contributed by atoms with Gasteiger partial charge in [0.15, 0.2) is 0 Å². The molecule has 0 aliphatic carbocycles. The zero-order valence-electron chi connectivity index (χ0n) is 14.9. The number of carbonyl (C=O) groups is 2. The highest BCUT2D eigenvalue weighted by Gasteiger charge is 2.19. The summed E-state index contributed by atoms with van der Waals surface area (Å²) in [4.78, 5) is 24.2. The van der Waals surface area contributed by atoms with Crippen molar-refractivity contribution in [1.29, 1.82) is 5.41 Å². The number of esters is 1. The van der Waals surface area contributed by atoms with E-state index in [1.54, 1.807) is 6.92 Å². The Hall–Kier alpha value is -1.59. The van der Waals surface area contributed by atoms with Gasteiger partial charge >= 0.3 is 5.97 Å². The van der Waals surface area contributed by atoms with Crippen LogP contribution in [-0.4, -0.2) is 42.4 Å². The number of cyclic esters (lactones) is 1. The zero-order chi connectivity index (χ0) is 17.5. The summed E-state index contributed by atoms with van der Waals surface area (Å²) in [5.74, 6) is -2.05. The van der Waals surface area contributed by atoms with Crippen molar-refractivity contribution in [3.05, 3.63) is 0 Å². The number of nitrogens with zero attached hydrogens (tertiary/aromatic N) is 1. The quantitative estimate of drug-likeness (QED) is 0.663. The highest BCUT2D eigenvalue weighted by atomic mass is 16.5. The molecular weight excluding hydrogens is 258 g/mol. The van der Waals surface area contributed by atoms with Gasteiger partial charge in [0.05, 0.1) is 12.8 Å². The van der Waals surface area contributed by atoms with Crippen molar-refractivity contribution in [3.8, 4) is 0 Å². The Morgan fingerprint density at radius 3 is 2.75 bits per heavy atom. The Labute approximate surface area is 124 Å². The van der Waals surface area contributed by atoms with Crippen LogP contribution in [0.1, 0.15) is 56.0 Å². The summed E-state index contributed by atoms with van der Waals surface area (Å²) in [5.41, 5.74) is 0. The van der Waals surface area contributed by atoms with Crippen LogP contribution in [-0.2, 0) is 14.3 Å². The van der Waals surface area contributed by atoms with Crippen LogP contribution in [0, 0.1) is 5.41 Å². The molecule has 0 bridgehead atoms. The Morgan fingerprint density at radius 1 is 1.30 bits per heavy atom. The summed E-state index contributed by atoms with van der Waals surface area (Å²) >= 11 is 0. The first-order chi connectivity index (χ1) is 10.7. The molecule has 1 rings (SSSR count). The number of amides is 1. The van der Waals surface area contributed by atoms with Gasteiger partial charge in [-0.2, -0.15) is 0 Å². The van der Waals surface area contributed by atoms with Gasteiger partial charge in [-0.25, -0.2) is 4.79 Å². The van der Waals surface area contributed by atoms with Crippen LogP contribution in [0.3, 0.4) is 0 Å². The summed E-state index contributed by atoms with van der Waals surface area (Å²) in [7, 11) is 0. The van der Waals surface area contributed by atoms with E-state index >= 15 is 0 Å². The first-order valence-electron chi connectivity index (χ1n) is 8.55. The van der Waals surface area contributed by atoms with Crippen LogP contribution in [0.5, 0.6) is 0 Å². The lowest BCUT2D eigenvalue weighted by Crippen LogP contribution is -2.42. The molecule has 0 spiro atoms. The van der Waals surface area contributed by atoms with Crippen LogP contribution in [0.4, 0.5) is 0 Å². The molecule has 0 aromatic heterocycles. The molecule has 0 aromatic rings. The highest BCUT2D eigenvalue weighted by Crippen LogP contribution is 2.11. The number of carbonyl (C=O) groups excluding carboxylic acids is 2. The fraction of sp³-hybridized carbons (Fsp3) is 0.786. The molecule has 1 atom stereocenters. The second kappa shape index (κ2) is 8.55. The van der Waals surface area contributed by atoms with Crippen molar-refractivity contribution in [1.82, 2.24) is 10.2 Å². The molecule has 1 heterocycles. The normalized spacial score (nSPS) is 27.2. The average Bonchev–Trinajstić information content (AvgIpc) is 2.44. The number of amidine groups is 1. The van der Waals surface area contributed by atoms with Gasteiger partial charge in [0.1, 0.15) is 0 Å². The number of hydrogen-bond donors (Lipinski definition) is 2. The molecule has 0 radical (unpaired) electrons. The zero-order valence-corrected chi connectivity index (χ0v) is 11.9. The molecule has 0 aromatic carbocycles. The molecular formula is C14H25N3O3. The van der Waals surface area contributed by atoms with Gasteiger partial charge in [-0.1, -0.05) is 19.3 Å². The molecule has 20 heavy (non-hydrogen) atoms. The molecule has 1 aliphatic rings. The Kier molecular flexibility index (Phi) is 5.21. The molecule has 2 N–H and O–H groups in total. The van der Waals surface area contributed by atoms with E-state index in [9.17, 15) is 9.59 Å². The maximum absolute atomic E-state index is 11.9. The Bertz CT molecular complexity index is 441.